The number of hydrogen-bond acceptors (Lipinski definition) is 8. The Morgan fingerprint density at radius 3 is 2.79 bits per heavy atom. The molecule has 0 saturated carbocycles. The first-order chi connectivity index (χ1) is 13.6. The lowest BCUT2D eigenvalue weighted by Crippen LogP contribution is -2.20. The number of aryl methyl sites for hydroxylation is 1. The number of thioether (sulfide) groups is 1. The lowest BCUT2D eigenvalue weighted by atomic mass is 10.3. The Balaban J connectivity index is 1.76. The molecule has 9 nitrogen and oxygen atoms in total. The zero-order valence-corrected chi connectivity index (χ0v) is 16.3. The maximum absolute atomic E-state index is 12.5. The number of primary amides is 1. The van der Waals surface area contributed by atoms with Gasteiger partial charge >= 0.3 is 0 Å². The first kappa shape index (κ1) is 18.3. The van der Waals surface area contributed by atoms with E-state index in [-0.39, 0.29) is 10.7 Å². The van der Waals surface area contributed by atoms with Crippen LogP contribution < -0.4 is 11.3 Å². The van der Waals surface area contributed by atoms with Crippen LogP contribution >= 0.6 is 23.1 Å². The van der Waals surface area contributed by atoms with Crippen LogP contribution in [0.25, 0.3) is 16.7 Å². The molecule has 0 fully saturated rings. The molecule has 0 spiro atoms. The second-order valence-electron chi connectivity index (χ2n) is 5.79. The summed E-state index contributed by atoms with van der Waals surface area (Å²) in [6.45, 7) is 1.95. The number of rotatable bonds is 6. The number of aromatic amines is 1. The van der Waals surface area contributed by atoms with Gasteiger partial charge in [-0.15, -0.1) is 10.2 Å². The maximum Gasteiger partial charge on any atom is 0.262 e. The highest BCUT2D eigenvalue weighted by Gasteiger charge is 2.25. The average molecular weight is 413 g/mol. The molecule has 1 atom stereocenters. The van der Waals surface area contributed by atoms with Gasteiger partial charge < -0.3 is 10.7 Å². The molecule has 4 aromatic rings. The van der Waals surface area contributed by atoms with Gasteiger partial charge in [0.15, 0.2) is 10.8 Å². The SMILES string of the molecule is CCc1nnc(C(Sc2nc3c(cnn3-c3ccccc3)c(=O)[nH]2)C(N)=O)s1. The number of nitrogens with one attached hydrogen (secondary N) is 1. The van der Waals surface area contributed by atoms with E-state index in [2.05, 4.69) is 25.3 Å². The van der Waals surface area contributed by atoms with Crippen molar-refractivity contribution in [3.8, 4) is 5.69 Å². The lowest BCUT2D eigenvalue weighted by molar-refractivity contribution is -0.117. The smallest absolute Gasteiger partial charge is 0.262 e. The molecule has 0 aliphatic rings. The number of para-hydroxylation sites is 1. The van der Waals surface area contributed by atoms with Gasteiger partial charge in [0, 0.05) is 0 Å². The summed E-state index contributed by atoms with van der Waals surface area (Å²) in [4.78, 5) is 31.7. The molecule has 3 aromatic heterocycles. The number of nitrogens with zero attached hydrogens (tertiary/aromatic N) is 5. The molecule has 0 saturated heterocycles. The van der Waals surface area contributed by atoms with Crippen molar-refractivity contribution in [2.75, 3.05) is 0 Å². The van der Waals surface area contributed by atoms with Gasteiger partial charge in [0.2, 0.25) is 5.91 Å². The first-order valence-electron chi connectivity index (χ1n) is 8.38. The number of amides is 1. The van der Waals surface area contributed by atoms with Crippen LogP contribution in [0.2, 0.25) is 0 Å². The summed E-state index contributed by atoms with van der Waals surface area (Å²) in [6, 6.07) is 9.36. The van der Waals surface area contributed by atoms with Gasteiger partial charge in [-0.3, -0.25) is 9.59 Å². The van der Waals surface area contributed by atoms with E-state index in [9.17, 15) is 9.59 Å². The van der Waals surface area contributed by atoms with E-state index >= 15 is 0 Å². The molecule has 28 heavy (non-hydrogen) atoms. The van der Waals surface area contributed by atoms with E-state index in [1.165, 1.54) is 17.5 Å². The minimum Gasteiger partial charge on any atom is -0.368 e. The summed E-state index contributed by atoms with van der Waals surface area (Å²) < 4.78 is 1.58. The molecule has 11 heteroatoms. The number of H-pyrrole nitrogens is 1. The summed E-state index contributed by atoms with van der Waals surface area (Å²) >= 11 is 2.35. The van der Waals surface area contributed by atoms with Gasteiger partial charge in [-0.2, -0.15) is 5.10 Å². The Labute approximate surface area is 167 Å². The van der Waals surface area contributed by atoms with Gasteiger partial charge in [0.1, 0.15) is 20.7 Å². The molecular weight excluding hydrogens is 398 g/mol. The van der Waals surface area contributed by atoms with E-state index in [4.69, 9.17) is 5.73 Å². The second kappa shape index (κ2) is 7.52. The summed E-state index contributed by atoms with van der Waals surface area (Å²) in [5, 5.41) is 13.5. The highest BCUT2D eigenvalue weighted by molar-refractivity contribution is 8.00. The third-order valence-corrected chi connectivity index (χ3v) is 6.30. The predicted octanol–water partition coefficient (Wildman–Crippen LogP) is 1.84. The highest BCUT2D eigenvalue weighted by Crippen LogP contribution is 2.34. The van der Waals surface area contributed by atoms with Gasteiger partial charge in [0.05, 0.1) is 11.9 Å². The Hall–Kier alpha value is -3.05. The molecule has 0 aliphatic heterocycles. The number of carbonyl (C=O) groups excluding carboxylic acids is 1. The van der Waals surface area contributed by atoms with Crippen LogP contribution in [0, 0.1) is 0 Å². The van der Waals surface area contributed by atoms with E-state index in [1.54, 1.807) is 4.68 Å². The fourth-order valence-electron chi connectivity index (χ4n) is 2.57. The molecule has 4 rings (SSSR count). The molecular formula is C17H15N7O2S2. The normalized spacial score (nSPS) is 12.3. The van der Waals surface area contributed by atoms with E-state index < -0.39 is 11.2 Å². The molecule has 1 unspecified atom stereocenters. The Morgan fingerprint density at radius 1 is 1.32 bits per heavy atom. The average Bonchev–Trinajstić information content (AvgIpc) is 3.34. The van der Waals surface area contributed by atoms with Crippen molar-refractivity contribution in [3.63, 3.8) is 0 Å². The van der Waals surface area contributed by atoms with Crippen molar-refractivity contribution in [2.24, 2.45) is 5.73 Å². The number of nitrogens with two attached hydrogens (primary N) is 1. The van der Waals surface area contributed by atoms with Gasteiger partial charge in [-0.05, 0) is 18.6 Å². The Kier molecular flexibility index (Phi) is 4.92. The third kappa shape index (κ3) is 3.41. The summed E-state index contributed by atoms with van der Waals surface area (Å²) in [5.74, 6) is -0.580. The van der Waals surface area contributed by atoms with Crippen molar-refractivity contribution >= 4 is 40.0 Å². The molecule has 3 N–H and O–H groups in total. The highest BCUT2D eigenvalue weighted by atomic mass is 32.2. The van der Waals surface area contributed by atoms with E-state index in [0.717, 1.165) is 22.5 Å². The number of aromatic nitrogens is 6. The van der Waals surface area contributed by atoms with Gasteiger partial charge in [0.25, 0.3) is 5.56 Å². The predicted molar refractivity (Wildman–Crippen MR) is 107 cm³/mol. The van der Waals surface area contributed by atoms with Crippen LogP contribution in [0.4, 0.5) is 0 Å². The van der Waals surface area contributed by atoms with Crippen LogP contribution in [0.1, 0.15) is 22.2 Å². The third-order valence-electron chi connectivity index (χ3n) is 3.91. The van der Waals surface area contributed by atoms with Gasteiger partial charge in [-0.1, -0.05) is 48.2 Å². The van der Waals surface area contributed by atoms with Crippen molar-refractivity contribution in [3.05, 3.63) is 56.9 Å². The van der Waals surface area contributed by atoms with Crippen molar-refractivity contribution in [2.45, 2.75) is 23.8 Å². The van der Waals surface area contributed by atoms with Crippen LogP contribution in [0.15, 0.2) is 46.5 Å². The van der Waals surface area contributed by atoms with Crippen LogP contribution in [-0.4, -0.2) is 35.9 Å². The topological polar surface area (TPSA) is 132 Å². The number of carbonyl (C=O) groups is 1. The fourth-order valence-corrected chi connectivity index (χ4v) is 4.41. The molecule has 3 heterocycles. The largest absolute Gasteiger partial charge is 0.368 e. The summed E-state index contributed by atoms with van der Waals surface area (Å²) in [7, 11) is 0. The first-order valence-corrected chi connectivity index (χ1v) is 10.1. The monoisotopic (exact) mass is 413 g/mol. The minimum atomic E-state index is -0.800. The van der Waals surface area contributed by atoms with Crippen molar-refractivity contribution in [1.82, 2.24) is 29.9 Å². The Morgan fingerprint density at radius 2 is 2.11 bits per heavy atom. The van der Waals surface area contributed by atoms with Crippen LogP contribution in [0.5, 0.6) is 0 Å². The van der Waals surface area contributed by atoms with Crippen molar-refractivity contribution < 1.29 is 4.79 Å². The van der Waals surface area contributed by atoms with Crippen LogP contribution in [-0.2, 0) is 11.2 Å². The molecule has 0 radical (unpaired) electrons. The minimum absolute atomic E-state index is 0.257. The van der Waals surface area contributed by atoms with Crippen molar-refractivity contribution in [1.29, 1.82) is 0 Å². The number of fused-ring (bicyclic) bond motifs is 1. The summed E-state index contributed by atoms with van der Waals surface area (Å²) in [6.07, 6.45) is 2.18. The standard InChI is InChI=1S/C17H15N7O2S2/c1-2-11-22-23-16(27-11)12(13(18)25)28-17-20-14-10(15(26)21-17)8-19-24(14)9-6-4-3-5-7-9/h3-8,12H,2H2,1H3,(H2,18,25)(H,20,21,26). The molecule has 1 aromatic carbocycles. The Bertz CT molecular complexity index is 1200. The van der Waals surface area contributed by atoms with Gasteiger partial charge in [-0.25, -0.2) is 9.67 Å². The summed E-state index contributed by atoms with van der Waals surface area (Å²) in [5.41, 5.74) is 6.39. The quantitative estimate of drug-likeness (QED) is 0.364. The van der Waals surface area contributed by atoms with Crippen LogP contribution in [0.3, 0.4) is 0 Å². The second-order valence-corrected chi connectivity index (χ2v) is 7.98. The zero-order chi connectivity index (χ0) is 19.7. The molecule has 142 valence electrons. The van der Waals surface area contributed by atoms with E-state index in [0.29, 0.717) is 22.5 Å². The number of hydrogen-bond donors (Lipinski definition) is 2. The maximum atomic E-state index is 12.5. The van der Waals surface area contributed by atoms with E-state index in [1.807, 2.05) is 37.3 Å². The number of benzene rings is 1. The molecule has 0 aliphatic carbocycles. The molecule has 1 amide bonds. The lowest BCUT2D eigenvalue weighted by Gasteiger charge is -2.09. The molecule has 0 bridgehead atoms. The fraction of sp³-hybridized carbons (Fsp3) is 0.176. The zero-order valence-electron chi connectivity index (χ0n) is 14.7.